The number of methoxy groups -OCH3 is 1. The molecule has 0 spiro atoms. The highest BCUT2D eigenvalue weighted by Crippen LogP contribution is 2.38. The Morgan fingerprint density at radius 3 is 2.67 bits per heavy atom. The van der Waals surface area contributed by atoms with Gasteiger partial charge in [0.2, 0.25) is 5.91 Å². The Labute approximate surface area is 129 Å². The van der Waals surface area contributed by atoms with Crippen LogP contribution in [0.1, 0.15) is 58.8 Å². The van der Waals surface area contributed by atoms with E-state index in [0.717, 1.165) is 45.3 Å². The van der Waals surface area contributed by atoms with Crippen LogP contribution < -0.4 is 5.32 Å². The van der Waals surface area contributed by atoms with Crippen LogP contribution in [0.15, 0.2) is 0 Å². The van der Waals surface area contributed by atoms with Gasteiger partial charge in [-0.15, -0.1) is 0 Å². The van der Waals surface area contributed by atoms with Crippen LogP contribution in [0.3, 0.4) is 0 Å². The van der Waals surface area contributed by atoms with Crippen LogP contribution in [-0.2, 0) is 9.53 Å². The van der Waals surface area contributed by atoms with Crippen molar-refractivity contribution < 1.29 is 9.53 Å². The van der Waals surface area contributed by atoms with Crippen LogP contribution in [0.25, 0.3) is 0 Å². The summed E-state index contributed by atoms with van der Waals surface area (Å²) in [4.78, 5) is 14.7. The van der Waals surface area contributed by atoms with E-state index in [0.29, 0.717) is 24.3 Å². The molecular weight excluding hydrogens is 264 g/mol. The normalized spacial score (nSPS) is 28.2. The van der Waals surface area contributed by atoms with Gasteiger partial charge in [-0.05, 0) is 44.6 Å². The Morgan fingerprint density at radius 2 is 2.14 bits per heavy atom. The molecule has 2 aliphatic rings. The Morgan fingerprint density at radius 1 is 1.38 bits per heavy atom. The molecule has 21 heavy (non-hydrogen) atoms. The lowest BCUT2D eigenvalue weighted by Gasteiger charge is -2.43. The quantitative estimate of drug-likeness (QED) is 0.785. The largest absolute Gasteiger partial charge is 0.378 e. The van der Waals surface area contributed by atoms with Gasteiger partial charge >= 0.3 is 0 Å². The molecule has 1 N–H and O–H groups in total. The molecule has 2 fully saturated rings. The zero-order valence-electron chi connectivity index (χ0n) is 14.0. The number of piperidine rings is 1. The minimum Gasteiger partial charge on any atom is -0.378 e. The Hall–Kier alpha value is -0.610. The number of likely N-dealkylation sites (tertiary alicyclic amines) is 1. The van der Waals surface area contributed by atoms with Crippen molar-refractivity contribution in [2.75, 3.05) is 26.7 Å². The van der Waals surface area contributed by atoms with Crippen molar-refractivity contribution in [2.45, 2.75) is 70.4 Å². The number of hydrogen-bond donors (Lipinski definition) is 1. The molecule has 122 valence electrons. The van der Waals surface area contributed by atoms with E-state index >= 15 is 0 Å². The van der Waals surface area contributed by atoms with Crippen LogP contribution in [0.5, 0.6) is 0 Å². The highest BCUT2D eigenvalue weighted by atomic mass is 16.5. The Kier molecular flexibility index (Phi) is 6.06. The molecule has 1 aliphatic heterocycles. The van der Waals surface area contributed by atoms with Gasteiger partial charge in [0.1, 0.15) is 0 Å². The van der Waals surface area contributed by atoms with Crippen LogP contribution in [0, 0.1) is 5.92 Å². The maximum Gasteiger partial charge on any atom is 0.225 e. The van der Waals surface area contributed by atoms with Crippen molar-refractivity contribution in [2.24, 2.45) is 5.92 Å². The molecule has 0 aromatic rings. The number of amides is 1. The maximum atomic E-state index is 12.6. The van der Waals surface area contributed by atoms with E-state index in [4.69, 9.17) is 4.74 Å². The molecule has 1 heterocycles. The van der Waals surface area contributed by atoms with Gasteiger partial charge < -0.3 is 15.0 Å². The molecule has 0 aromatic heterocycles. The summed E-state index contributed by atoms with van der Waals surface area (Å²) in [5.74, 6) is 0.887. The summed E-state index contributed by atoms with van der Waals surface area (Å²) in [5, 5.41) is 3.65. The summed E-state index contributed by atoms with van der Waals surface area (Å²) in [7, 11) is 1.75. The van der Waals surface area contributed by atoms with Crippen molar-refractivity contribution >= 4 is 5.91 Å². The fraction of sp³-hybridized carbons (Fsp3) is 0.941. The number of nitrogens with one attached hydrogen (secondary N) is 1. The molecule has 1 amide bonds. The fourth-order valence-corrected chi connectivity index (χ4v) is 3.68. The van der Waals surface area contributed by atoms with E-state index in [1.807, 2.05) is 0 Å². The van der Waals surface area contributed by atoms with E-state index < -0.39 is 0 Å². The zero-order chi connectivity index (χ0) is 15.3. The average molecular weight is 296 g/mol. The molecule has 1 saturated carbocycles. The first kappa shape index (κ1) is 16.8. The van der Waals surface area contributed by atoms with Crippen molar-refractivity contribution in [1.29, 1.82) is 0 Å². The number of ether oxygens (including phenoxy) is 1. The van der Waals surface area contributed by atoms with Gasteiger partial charge in [-0.25, -0.2) is 0 Å². The summed E-state index contributed by atoms with van der Waals surface area (Å²) < 4.78 is 5.60. The molecule has 2 unspecified atom stereocenters. The Bertz CT molecular complexity index is 336. The molecule has 4 heteroatoms. The summed E-state index contributed by atoms with van der Waals surface area (Å²) >= 11 is 0. The number of carbonyl (C=O) groups excluding carboxylic acids is 1. The average Bonchev–Trinajstić information content (AvgIpc) is 2.48. The second-order valence-electron chi connectivity index (χ2n) is 6.77. The van der Waals surface area contributed by atoms with Crippen molar-refractivity contribution in [3.63, 3.8) is 0 Å². The monoisotopic (exact) mass is 296 g/mol. The van der Waals surface area contributed by atoms with Crippen molar-refractivity contribution in [3.8, 4) is 0 Å². The lowest BCUT2D eigenvalue weighted by molar-refractivity contribution is -0.146. The van der Waals surface area contributed by atoms with E-state index in [-0.39, 0.29) is 5.60 Å². The predicted molar refractivity (Wildman–Crippen MR) is 85.3 cm³/mol. The molecule has 0 aromatic carbocycles. The lowest BCUT2D eigenvalue weighted by Crippen LogP contribution is -2.53. The zero-order valence-corrected chi connectivity index (χ0v) is 14.0. The highest BCUT2D eigenvalue weighted by Gasteiger charge is 2.41. The van der Waals surface area contributed by atoms with Gasteiger partial charge in [0.05, 0.1) is 12.0 Å². The van der Waals surface area contributed by atoms with E-state index in [2.05, 4.69) is 24.1 Å². The highest BCUT2D eigenvalue weighted by molar-refractivity contribution is 5.77. The number of carbonyl (C=O) groups is 1. The predicted octanol–water partition coefficient (Wildman–Crippen LogP) is 2.57. The molecule has 1 saturated heterocycles. The molecule has 2 rings (SSSR count). The standard InChI is InChI=1S/C17H32N2O2/c1-4-10-18-15-7-11-19(13-14(15)5-2)16(20)12-17(21-3)8-6-9-17/h14-15,18H,4-13H2,1-3H3. The minimum absolute atomic E-state index is 0.143. The van der Waals surface area contributed by atoms with E-state index in [9.17, 15) is 4.79 Å². The summed E-state index contributed by atoms with van der Waals surface area (Å²) in [6.07, 6.45) is 7.26. The topological polar surface area (TPSA) is 41.6 Å². The molecule has 2 atom stereocenters. The van der Waals surface area contributed by atoms with Gasteiger partial charge in [0.15, 0.2) is 0 Å². The lowest BCUT2D eigenvalue weighted by atomic mass is 9.77. The van der Waals surface area contributed by atoms with Crippen LogP contribution in [0.4, 0.5) is 0 Å². The molecule has 4 nitrogen and oxygen atoms in total. The van der Waals surface area contributed by atoms with Crippen LogP contribution >= 0.6 is 0 Å². The van der Waals surface area contributed by atoms with Crippen molar-refractivity contribution in [3.05, 3.63) is 0 Å². The van der Waals surface area contributed by atoms with Gasteiger partial charge in [0, 0.05) is 26.2 Å². The summed E-state index contributed by atoms with van der Waals surface area (Å²) in [6.45, 7) is 7.34. The van der Waals surface area contributed by atoms with Crippen molar-refractivity contribution in [1.82, 2.24) is 10.2 Å². The summed E-state index contributed by atoms with van der Waals surface area (Å²) in [5.41, 5.74) is -0.143. The molecule has 0 bridgehead atoms. The molecule has 0 radical (unpaired) electrons. The van der Waals surface area contributed by atoms with Crippen LogP contribution in [0.2, 0.25) is 0 Å². The third-order valence-corrected chi connectivity index (χ3v) is 5.44. The van der Waals surface area contributed by atoms with Crippen LogP contribution in [-0.4, -0.2) is 49.2 Å². The molecular formula is C17H32N2O2. The van der Waals surface area contributed by atoms with Gasteiger partial charge in [-0.3, -0.25) is 4.79 Å². The second-order valence-corrected chi connectivity index (χ2v) is 6.77. The number of hydrogen-bond acceptors (Lipinski definition) is 3. The smallest absolute Gasteiger partial charge is 0.225 e. The second kappa shape index (κ2) is 7.59. The molecule has 1 aliphatic carbocycles. The summed E-state index contributed by atoms with van der Waals surface area (Å²) in [6, 6.07) is 0.582. The SMILES string of the molecule is CCCNC1CCN(C(=O)CC2(OC)CCC2)CC1CC. The first-order chi connectivity index (χ1) is 10.1. The van der Waals surface area contributed by atoms with Gasteiger partial charge in [0.25, 0.3) is 0 Å². The number of rotatable bonds is 7. The minimum atomic E-state index is -0.143. The number of nitrogens with zero attached hydrogens (tertiary/aromatic N) is 1. The first-order valence-electron chi connectivity index (χ1n) is 8.70. The Balaban J connectivity index is 1.86. The third kappa shape index (κ3) is 3.98. The third-order valence-electron chi connectivity index (χ3n) is 5.44. The fourth-order valence-electron chi connectivity index (χ4n) is 3.68. The van der Waals surface area contributed by atoms with E-state index in [1.165, 1.54) is 12.8 Å². The van der Waals surface area contributed by atoms with E-state index in [1.54, 1.807) is 7.11 Å². The maximum absolute atomic E-state index is 12.6. The first-order valence-corrected chi connectivity index (χ1v) is 8.70. The van der Waals surface area contributed by atoms with Gasteiger partial charge in [-0.1, -0.05) is 20.3 Å². The van der Waals surface area contributed by atoms with Gasteiger partial charge in [-0.2, -0.15) is 0 Å².